The molecule has 1 saturated heterocycles. The van der Waals surface area contributed by atoms with Crippen LogP contribution in [0, 0.1) is 17.8 Å². The Balaban J connectivity index is 2.41. The van der Waals surface area contributed by atoms with E-state index in [-0.39, 0.29) is 37.3 Å². The third-order valence-electron chi connectivity index (χ3n) is 5.80. The van der Waals surface area contributed by atoms with Gasteiger partial charge in [0.2, 0.25) is 5.91 Å². The minimum Gasteiger partial charge on any atom is -0.496 e. The van der Waals surface area contributed by atoms with Crippen molar-refractivity contribution in [1.82, 2.24) is 9.88 Å². The lowest BCUT2D eigenvalue weighted by Crippen LogP contribution is -2.52. The summed E-state index contributed by atoms with van der Waals surface area (Å²) in [6, 6.07) is 1.78. The van der Waals surface area contributed by atoms with Crippen LogP contribution in [-0.4, -0.2) is 67.3 Å². The Bertz CT molecular complexity index is 909. The van der Waals surface area contributed by atoms with Crippen LogP contribution in [-0.2, 0) is 19.1 Å². The van der Waals surface area contributed by atoms with E-state index >= 15 is 0 Å². The highest BCUT2D eigenvalue weighted by Crippen LogP contribution is 2.32. The van der Waals surface area contributed by atoms with E-state index in [4.69, 9.17) is 14.2 Å². The number of nitrogens with zero attached hydrogens (tertiary/aromatic N) is 3. The number of esters is 1. The van der Waals surface area contributed by atoms with Crippen LogP contribution in [0.1, 0.15) is 66.4 Å². The molecule has 1 aromatic rings. The Morgan fingerprint density at radius 1 is 1.11 bits per heavy atom. The number of ether oxygens (including phenoxy) is 3. The van der Waals surface area contributed by atoms with Crippen LogP contribution in [0.15, 0.2) is 12.3 Å². The summed E-state index contributed by atoms with van der Waals surface area (Å²) in [5.74, 6) is -0.369. The zero-order valence-electron chi connectivity index (χ0n) is 22.6. The lowest BCUT2D eigenvalue weighted by molar-refractivity contribution is -0.148. The van der Waals surface area contributed by atoms with Gasteiger partial charge in [-0.15, -0.1) is 0 Å². The smallest absolute Gasteiger partial charge is 0.410 e. The normalized spacial score (nSPS) is 18.4. The molecule has 2 rings (SSSR count). The van der Waals surface area contributed by atoms with Gasteiger partial charge in [0.05, 0.1) is 26.1 Å². The molecule has 0 spiro atoms. The zero-order valence-corrected chi connectivity index (χ0v) is 22.6. The molecule has 0 saturated carbocycles. The molecule has 2 heterocycles. The van der Waals surface area contributed by atoms with E-state index in [2.05, 4.69) is 18.8 Å². The van der Waals surface area contributed by atoms with Crippen LogP contribution >= 0.6 is 0 Å². The van der Waals surface area contributed by atoms with Gasteiger partial charge < -0.3 is 19.1 Å². The van der Waals surface area contributed by atoms with Crippen molar-refractivity contribution in [3.05, 3.63) is 17.8 Å². The molecule has 1 fully saturated rings. The van der Waals surface area contributed by atoms with Gasteiger partial charge in [-0.05, 0) is 39.0 Å². The first-order valence-electron chi connectivity index (χ1n) is 12.2. The Morgan fingerprint density at radius 2 is 1.74 bits per heavy atom. The highest BCUT2D eigenvalue weighted by atomic mass is 16.6. The van der Waals surface area contributed by atoms with Crippen molar-refractivity contribution in [2.75, 3.05) is 38.8 Å². The summed E-state index contributed by atoms with van der Waals surface area (Å²) in [5, 5.41) is 0. The van der Waals surface area contributed by atoms with Crippen molar-refractivity contribution in [1.29, 1.82) is 0 Å². The van der Waals surface area contributed by atoms with Gasteiger partial charge in [-0.25, -0.2) is 9.78 Å². The molecule has 35 heavy (non-hydrogen) atoms. The van der Waals surface area contributed by atoms with E-state index in [1.807, 2.05) is 13.8 Å². The summed E-state index contributed by atoms with van der Waals surface area (Å²) in [6.45, 7) is 14.2. The second-order valence-corrected chi connectivity index (χ2v) is 10.8. The lowest BCUT2D eigenvalue weighted by atomic mass is 9.88. The molecule has 0 N–H and O–H groups in total. The summed E-state index contributed by atoms with van der Waals surface area (Å²) in [4.78, 5) is 46.8. The molecule has 0 radical (unpaired) electrons. The SMILES string of the molecule is COC(=O)C1CC(C(=O)N(CC(C)C)c2cc(OC)c(C(C)C)cn2)CN(C(=O)OC(C)(C)C)C1. The molecule has 1 aliphatic heterocycles. The Morgan fingerprint density at radius 3 is 2.26 bits per heavy atom. The van der Waals surface area contributed by atoms with Crippen LogP contribution in [0.2, 0.25) is 0 Å². The van der Waals surface area contributed by atoms with Crippen LogP contribution in [0.4, 0.5) is 10.6 Å². The maximum atomic E-state index is 13.9. The quantitative estimate of drug-likeness (QED) is 0.526. The second kappa shape index (κ2) is 11.7. The van der Waals surface area contributed by atoms with Crippen LogP contribution in [0.3, 0.4) is 0 Å². The first kappa shape index (κ1) is 28.4. The van der Waals surface area contributed by atoms with Gasteiger partial charge in [-0.2, -0.15) is 0 Å². The minimum atomic E-state index is -0.697. The van der Waals surface area contributed by atoms with Gasteiger partial charge in [-0.3, -0.25) is 14.5 Å². The predicted molar refractivity (Wildman–Crippen MR) is 133 cm³/mol. The average molecular weight is 492 g/mol. The first-order valence-corrected chi connectivity index (χ1v) is 12.2. The largest absolute Gasteiger partial charge is 0.496 e. The second-order valence-electron chi connectivity index (χ2n) is 10.8. The molecule has 0 bridgehead atoms. The highest BCUT2D eigenvalue weighted by Gasteiger charge is 2.41. The van der Waals surface area contributed by atoms with E-state index < -0.39 is 29.5 Å². The molecule has 9 nitrogen and oxygen atoms in total. The first-order chi connectivity index (χ1) is 16.3. The molecule has 0 aromatic carbocycles. The number of methoxy groups -OCH3 is 2. The van der Waals surface area contributed by atoms with Gasteiger partial charge in [-0.1, -0.05) is 27.7 Å². The van der Waals surface area contributed by atoms with Gasteiger partial charge in [0.15, 0.2) is 0 Å². The van der Waals surface area contributed by atoms with Gasteiger partial charge in [0, 0.05) is 37.5 Å². The fraction of sp³-hybridized carbons (Fsp3) is 0.692. The molecule has 0 aliphatic carbocycles. The summed E-state index contributed by atoms with van der Waals surface area (Å²) in [7, 11) is 2.91. The van der Waals surface area contributed by atoms with Gasteiger partial charge in [0.1, 0.15) is 17.2 Å². The number of anilines is 1. The minimum absolute atomic E-state index is 0.144. The maximum Gasteiger partial charge on any atom is 0.410 e. The average Bonchev–Trinajstić information content (AvgIpc) is 2.79. The summed E-state index contributed by atoms with van der Waals surface area (Å²) >= 11 is 0. The fourth-order valence-corrected chi connectivity index (χ4v) is 4.17. The third kappa shape index (κ3) is 7.57. The van der Waals surface area contributed by atoms with Crippen LogP contribution in [0.5, 0.6) is 5.75 Å². The number of hydrogen-bond donors (Lipinski definition) is 0. The molecule has 2 unspecified atom stereocenters. The number of carbonyl (C=O) groups is 3. The Labute approximate surface area is 209 Å². The molecule has 1 aliphatic rings. The van der Waals surface area contributed by atoms with Crippen molar-refractivity contribution in [2.24, 2.45) is 17.8 Å². The number of pyridine rings is 1. The van der Waals surface area contributed by atoms with Crippen molar-refractivity contribution < 1.29 is 28.6 Å². The monoisotopic (exact) mass is 491 g/mol. The van der Waals surface area contributed by atoms with Crippen LogP contribution < -0.4 is 9.64 Å². The predicted octanol–water partition coefficient (Wildman–Crippen LogP) is 4.25. The Hall–Kier alpha value is -2.84. The molecule has 2 atom stereocenters. The number of amides is 2. The molecule has 2 amide bonds. The van der Waals surface area contributed by atoms with Gasteiger partial charge >= 0.3 is 12.1 Å². The molecule has 196 valence electrons. The molecule has 9 heteroatoms. The van der Waals surface area contributed by atoms with Crippen molar-refractivity contribution in [3.63, 3.8) is 0 Å². The van der Waals surface area contributed by atoms with E-state index in [0.29, 0.717) is 18.1 Å². The number of hydrogen-bond acceptors (Lipinski definition) is 7. The number of piperidine rings is 1. The topological polar surface area (TPSA) is 98.3 Å². The Kier molecular flexibility index (Phi) is 9.52. The molecule has 1 aromatic heterocycles. The van der Waals surface area contributed by atoms with E-state index in [0.717, 1.165) is 5.56 Å². The zero-order chi connectivity index (χ0) is 26.5. The van der Waals surface area contributed by atoms with E-state index in [1.165, 1.54) is 12.0 Å². The van der Waals surface area contributed by atoms with Crippen LogP contribution in [0.25, 0.3) is 0 Å². The number of rotatable bonds is 7. The van der Waals surface area contributed by atoms with Crippen molar-refractivity contribution in [2.45, 2.75) is 66.4 Å². The van der Waals surface area contributed by atoms with E-state index in [1.54, 1.807) is 45.0 Å². The molecular formula is C26H41N3O6. The summed E-state index contributed by atoms with van der Waals surface area (Å²) in [5.41, 5.74) is 0.254. The fourth-order valence-electron chi connectivity index (χ4n) is 4.17. The molecular weight excluding hydrogens is 450 g/mol. The summed E-state index contributed by atoms with van der Waals surface area (Å²) < 4.78 is 16.1. The van der Waals surface area contributed by atoms with Crippen molar-refractivity contribution in [3.8, 4) is 5.75 Å². The van der Waals surface area contributed by atoms with E-state index in [9.17, 15) is 14.4 Å². The highest BCUT2D eigenvalue weighted by molar-refractivity contribution is 5.95. The summed E-state index contributed by atoms with van der Waals surface area (Å²) in [6.07, 6.45) is 1.46. The van der Waals surface area contributed by atoms with Gasteiger partial charge in [0.25, 0.3) is 0 Å². The van der Waals surface area contributed by atoms with Crippen molar-refractivity contribution >= 4 is 23.8 Å². The number of likely N-dealkylation sites (tertiary alicyclic amines) is 1. The number of aromatic nitrogens is 1. The lowest BCUT2D eigenvalue weighted by Gasteiger charge is -2.38. The number of carbonyl (C=O) groups excluding carboxylic acids is 3. The third-order valence-corrected chi connectivity index (χ3v) is 5.80. The maximum absolute atomic E-state index is 13.9. The standard InChI is InChI=1S/C26H41N3O6/c1-16(2)13-29(22-11-21(33-8)20(12-27-22)17(3)4)23(30)18-10-19(24(31)34-9)15-28(14-18)25(32)35-26(5,6)7/h11-12,16-19H,10,13-15H2,1-9H3.